The Kier molecular flexibility index (Phi) is 6.98. The lowest BCUT2D eigenvalue weighted by Gasteiger charge is -2.26. The van der Waals surface area contributed by atoms with Crippen molar-refractivity contribution in [3.8, 4) is 0 Å². The zero-order valence-electron chi connectivity index (χ0n) is 15.4. The number of piperidine rings is 1. The van der Waals surface area contributed by atoms with E-state index in [9.17, 15) is 13.2 Å². The average Bonchev–Trinajstić information content (AvgIpc) is 2.61. The summed E-state index contributed by atoms with van der Waals surface area (Å²) in [5.41, 5.74) is 0.384. The highest BCUT2D eigenvalue weighted by Gasteiger charge is 2.26. The molecule has 1 unspecified atom stereocenters. The topological polar surface area (TPSA) is 69.7 Å². The van der Waals surface area contributed by atoms with Gasteiger partial charge in [0.1, 0.15) is 0 Å². The van der Waals surface area contributed by atoms with Gasteiger partial charge in [0.15, 0.2) is 0 Å². The van der Waals surface area contributed by atoms with E-state index in [4.69, 9.17) is 0 Å². The summed E-state index contributed by atoms with van der Waals surface area (Å²) in [7, 11) is 0.458. The Balaban J connectivity index is 2.08. The van der Waals surface area contributed by atoms with Crippen LogP contribution in [0.5, 0.6) is 0 Å². The Morgan fingerprint density at radius 3 is 2.56 bits per heavy atom. The smallest absolute Gasteiger partial charge is 0.251 e. The summed E-state index contributed by atoms with van der Waals surface area (Å²) in [6, 6.07) is 6.37. The molecular formula is C18H29N3O3S. The van der Waals surface area contributed by atoms with Crippen molar-refractivity contribution in [1.29, 1.82) is 0 Å². The largest absolute Gasteiger partial charge is 0.350 e. The summed E-state index contributed by atoms with van der Waals surface area (Å²) in [4.78, 5) is 14.7. The van der Waals surface area contributed by atoms with Gasteiger partial charge >= 0.3 is 0 Å². The zero-order chi connectivity index (χ0) is 18.4. The molecule has 0 aromatic heterocycles. The van der Waals surface area contributed by atoms with Crippen LogP contribution in [-0.2, 0) is 10.0 Å². The molecule has 1 saturated heterocycles. The van der Waals surface area contributed by atoms with Gasteiger partial charge in [-0.05, 0) is 65.0 Å². The van der Waals surface area contributed by atoms with Crippen LogP contribution >= 0.6 is 0 Å². The maximum Gasteiger partial charge on any atom is 0.251 e. The maximum absolute atomic E-state index is 12.8. The highest BCUT2D eigenvalue weighted by molar-refractivity contribution is 7.89. The molecule has 7 heteroatoms. The molecule has 1 fully saturated rings. The van der Waals surface area contributed by atoms with E-state index in [1.807, 2.05) is 21.0 Å². The minimum atomic E-state index is -3.52. The lowest BCUT2D eigenvalue weighted by Crippen LogP contribution is -2.36. The number of carbonyl (C=O) groups excluding carboxylic acids is 1. The minimum absolute atomic E-state index is 0.0252. The van der Waals surface area contributed by atoms with Gasteiger partial charge in [-0.15, -0.1) is 0 Å². The minimum Gasteiger partial charge on any atom is -0.350 e. The summed E-state index contributed by atoms with van der Waals surface area (Å²) in [5, 5.41) is 2.94. The molecule has 0 radical (unpaired) electrons. The van der Waals surface area contributed by atoms with E-state index in [2.05, 4.69) is 10.2 Å². The number of carbonyl (C=O) groups is 1. The van der Waals surface area contributed by atoms with Gasteiger partial charge in [0, 0.05) is 24.7 Å². The van der Waals surface area contributed by atoms with Gasteiger partial charge in [-0.3, -0.25) is 4.79 Å². The third-order valence-electron chi connectivity index (χ3n) is 4.44. The van der Waals surface area contributed by atoms with Crippen molar-refractivity contribution < 1.29 is 13.2 Å². The van der Waals surface area contributed by atoms with Gasteiger partial charge in [-0.1, -0.05) is 12.5 Å². The lowest BCUT2D eigenvalue weighted by atomic mass is 10.1. The summed E-state index contributed by atoms with van der Waals surface area (Å²) in [6.45, 7) is 3.95. The maximum atomic E-state index is 12.8. The van der Waals surface area contributed by atoms with Gasteiger partial charge in [-0.25, -0.2) is 8.42 Å². The van der Waals surface area contributed by atoms with Gasteiger partial charge < -0.3 is 10.2 Å². The molecule has 0 bridgehead atoms. The third kappa shape index (κ3) is 5.52. The molecule has 0 aliphatic carbocycles. The number of nitrogens with zero attached hydrogens (tertiary/aromatic N) is 2. The molecule has 1 N–H and O–H groups in total. The number of rotatable bonds is 7. The van der Waals surface area contributed by atoms with Crippen molar-refractivity contribution >= 4 is 15.9 Å². The summed E-state index contributed by atoms with van der Waals surface area (Å²) in [5.74, 6) is -0.234. The summed E-state index contributed by atoms with van der Waals surface area (Å²) >= 11 is 0. The molecule has 0 spiro atoms. The molecule has 2 rings (SSSR count). The molecule has 1 heterocycles. The fourth-order valence-corrected chi connectivity index (χ4v) is 4.45. The Morgan fingerprint density at radius 2 is 1.92 bits per heavy atom. The van der Waals surface area contributed by atoms with Gasteiger partial charge in [0.2, 0.25) is 10.0 Å². The normalized spacial score (nSPS) is 17.4. The van der Waals surface area contributed by atoms with Crippen molar-refractivity contribution in [3.05, 3.63) is 29.8 Å². The number of sulfonamides is 1. The van der Waals surface area contributed by atoms with E-state index in [0.717, 1.165) is 32.2 Å². The van der Waals surface area contributed by atoms with Crippen LogP contribution in [0.2, 0.25) is 0 Å². The number of amides is 1. The van der Waals surface area contributed by atoms with Crippen LogP contribution in [0.4, 0.5) is 0 Å². The van der Waals surface area contributed by atoms with Crippen LogP contribution in [0.3, 0.4) is 0 Å². The Labute approximate surface area is 151 Å². The Bertz CT molecular complexity index is 683. The van der Waals surface area contributed by atoms with Gasteiger partial charge in [0.25, 0.3) is 5.91 Å². The average molecular weight is 368 g/mol. The fraction of sp³-hybridized carbons (Fsp3) is 0.611. The summed E-state index contributed by atoms with van der Waals surface area (Å²) in [6.07, 6.45) is 3.69. The Hall–Kier alpha value is -1.44. The summed E-state index contributed by atoms with van der Waals surface area (Å²) < 4.78 is 27.0. The van der Waals surface area contributed by atoms with E-state index in [1.54, 1.807) is 18.2 Å². The zero-order valence-corrected chi connectivity index (χ0v) is 16.2. The molecular weight excluding hydrogens is 338 g/mol. The predicted molar refractivity (Wildman–Crippen MR) is 99.2 cm³/mol. The second-order valence-electron chi connectivity index (χ2n) is 6.96. The third-order valence-corrected chi connectivity index (χ3v) is 6.33. The molecule has 6 nitrogen and oxygen atoms in total. The highest BCUT2D eigenvalue weighted by Crippen LogP contribution is 2.21. The van der Waals surface area contributed by atoms with E-state index >= 15 is 0 Å². The second kappa shape index (κ2) is 8.78. The van der Waals surface area contributed by atoms with Crippen LogP contribution in [0.15, 0.2) is 29.2 Å². The molecule has 0 saturated carbocycles. The molecule has 1 aromatic carbocycles. The van der Waals surface area contributed by atoms with Crippen LogP contribution in [0.25, 0.3) is 0 Å². The van der Waals surface area contributed by atoms with Crippen LogP contribution in [0.1, 0.15) is 43.0 Å². The van der Waals surface area contributed by atoms with Crippen LogP contribution in [-0.4, -0.2) is 63.3 Å². The van der Waals surface area contributed by atoms with Crippen molar-refractivity contribution in [1.82, 2.24) is 14.5 Å². The molecule has 1 aliphatic heterocycles. The van der Waals surface area contributed by atoms with Crippen molar-refractivity contribution in [2.75, 3.05) is 33.7 Å². The van der Waals surface area contributed by atoms with Crippen LogP contribution < -0.4 is 5.32 Å². The number of hydrogen-bond acceptors (Lipinski definition) is 4. The van der Waals surface area contributed by atoms with Crippen molar-refractivity contribution in [2.45, 2.75) is 43.5 Å². The van der Waals surface area contributed by atoms with Crippen LogP contribution in [0, 0.1) is 0 Å². The number of hydrogen-bond donors (Lipinski definition) is 1. The fourth-order valence-electron chi connectivity index (χ4n) is 2.88. The molecule has 1 aliphatic rings. The number of benzene rings is 1. The predicted octanol–water partition coefficient (Wildman–Crippen LogP) is 1.93. The van der Waals surface area contributed by atoms with Gasteiger partial charge in [-0.2, -0.15) is 4.31 Å². The SMILES string of the molecule is CC(CCN(C)C)NC(=O)c1cccc(S(=O)(=O)N2CCCCC2)c1. The quantitative estimate of drug-likeness (QED) is 0.799. The van der Waals surface area contributed by atoms with Crippen molar-refractivity contribution in [3.63, 3.8) is 0 Å². The number of nitrogens with one attached hydrogen (secondary N) is 1. The highest BCUT2D eigenvalue weighted by atomic mass is 32.2. The van der Waals surface area contributed by atoms with Crippen molar-refractivity contribution in [2.24, 2.45) is 0 Å². The lowest BCUT2D eigenvalue weighted by molar-refractivity contribution is 0.0936. The molecule has 1 atom stereocenters. The first-order valence-corrected chi connectivity index (χ1v) is 10.3. The first kappa shape index (κ1) is 19.9. The van der Waals surface area contributed by atoms with Gasteiger partial charge in [0.05, 0.1) is 4.90 Å². The first-order chi connectivity index (χ1) is 11.8. The molecule has 25 heavy (non-hydrogen) atoms. The Morgan fingerprint density at radius 1 is 1.24 bits per heavy atom. The molecule has 1 aromatic rings. The monoisotopic (exact) mass is 367 g/mol. The van der Waals surface area contributed by atoms with E-state index in [-0.39, 0.29) is 16.8 Å². The first-order valence-electron chi connectivity index (χ1n) is 8.86. The second-order valence-corrected chi connectivity index (χ2v) is 8.90. The standard InChI is InChI=1S/C18H29N3O3S/c1-15(10-13-20(2)3)19-18(22)16-8-7-9-17(14-16)25(23,24)21-11-5-4-6-12-21/h7-9,14-15H,4-6,10-13H2,1-3H3,(H,19,22). The van der Waals surface area contributed by atoms with E-state index in [1.165, 1.54) is 10.4 Å². The van der Waals surface area contributed by atoms with E-state index < -0.39 is 10.0 Å². The van der Waals surface area contributed by atoms with E-state index in [0.29, 0.717) is 18.7 Å². The molecule has 140 valence electrons. The molecule has 1 amide bonds.